The molecule has 4 heteroatoms. The Kier molecular flexibility index (Phi) is 4.90. The molecule has 2 aromatic carbocycles. The Morgan fingerprint density at radius 1 is 1.06 bits per heavy atom. The first kappa shape index (κ1) is 20.0. The van der Waals surface area contributed by atoms with Crippen molar-refractivity contribution in [3.63, 3.8) is 0 Å². The van der Waals surface area contributed by atoms with Crippen LogP contribution in [0.3, 0.4) is 0 Å². The molecule has 0 saturated heterocycles. The Labute approximate surface area is 187 Å². The smallest absolute Gasteiger partial charge is 0.233 e. The number of nitrogens with one attached hydrogen (secondary N) is 1. The minimum Gasteiger partial charge on any atom is -0.301 e. The standard InChI is InChI=1S/C27H26N2OS/c1-19-13-15-20(16-14-19)23-17-31-25(28-23)29-24(30)26(2)18-27(26,21-9-5-3-6-10-21)22-11-7-4-8-12-22/h3,5-7,9-17H,4,8,18H2,1-2H3,(H,28,29,30). The number of anilines is 1. The molecule has 2 aliphatic carbocycles. The maximum absolute atomic E-state index is 13.5. The van der Waals surface area contributed by atoms with Crippen molar-refractivity contribution in [2.24, 2.45) is 5.41 Å². The van der Waals surface area contributed by atoms with Gasteiger partial charge in [-0.1, -0.05) is 78.4 Å². The highest BCUT2D eigenvalue weighted by atomic mass is 32.1. The molecule has 5 rings (SSSR count). The van der Waals surface area contributed by atoms with E-state index in [0.29, 0.717) is 5.13 Å². The Hall–Kier alpha value is -2.98. The third kappa shape index (κ3) is 3.35. The van der Waals surface area contributed by atoms with Gasteiger partial charge in [0.1, 0.15) is 0 Å². The first-order valence-electron chi connectivity index (χ1n) is 10.8. The fraction of sp³-hybridized carbons (Fsp3) is 0.259. The first-order valence-corrected chi connectivity index (χ1v) is 11.7. The van der Waals surface area contributed by atoms with Crippen LogP contribution in [-0.4, -0.2) is 10.9 Å². The highest BCUT2D eigenvalue weighted by molar-refractivity contribution is 7.14. The van der Waals surface area contributed by atoms with E-state index in [4.69, 9.17) is 0 Å². The van der Waals surface area contributed by atoms with Crippen LogP contribution < -0.4 is 5.32 Å². The number of nitrogens with zero attached hydrogens (tertiary/aromatic N) is 1. The molecule has 1 fully saturated rings. The molecule has 3 nitrogen and oxygen atoms in total. The van der Waals surface area contributed by atoms with E-state index in [1.807, 2.05) is 11.4 Å². The van der Waals surface area contributed by atoms with Gasteiger partial charge in [0.2, 0.25) is 5.91 Å². The van der Waals surface area contributed by atoms with Crippen molar-refractivity contribution in [3.05, 3.63) is 94.9 Å². The summed E-state index contributed by atoms with van der Waals surface area (Å²) >= 11 is 1.48. The number of hydrogen-bond acceptors (Lipinski definition) is 3. The molecule has 156 valence electrons. The fourth-order valence-electron chi connectivity index (χ4n) is 4.84. The Morgan fingerprint density at radius 3 is 2.55 bits per heavy atom. The fourth-order valence-corrected chi connectivity index (χ4v) is 5.56. The minimum absolute atomic E-state index is 0.0426. The van der Waals surface area contributed by atoms with Crippen molar-refractivity contribution in [3.8, 4) is 11.3 Å². The third-order valence-corrected chi connectivity index (χ3v) is 7.52. The zero-order valence-corrected chi connectivity index (χ0v) is 18.7. The van der Waals surface area contributed by atoms with Crippen molar-refractivity contribution in [1.82, 2.24) is 4.98 Å². The normalized spacial score (nSPS) is 24.5. The molecule has 0 spiro atoms. The lowest BCUT2D eigenvalue weighted by Gasteiger charge is -2.26. The predicted molar refractivity (Wildman–Crippen MR) is 128 cm³/mol. The second-order valence-electron chi connectivity index (χ2n) is 8.78. The molecule has 1 amide bonds. The summed E-state index contributed by atoms with van der Waals surface area (Å²) in [5, 5.41) is 5.79. The van der Waals surface area contributed by atoms with Crippen LogP contribution in [0.2, 0.25) is 0 Å². The first-order chi connectivity index (χ1) is 15.0. The number of carbonyl (C=O) groups is 1. The van der Waals surface area contributed by atoms with Crippen LogP contribution in [0.25, 0.3) is 11.3 Å². The quantitative estimate of drug-likeness (QED) is 0.494. The van der Waals surface area contributed by atoms with Gasteiger partial charge in [-0.25, -0.2) is 4.98 Å². The Morgan fingerprint density at radius 2 is 1.84 bits per heavy atom. The van der Waals surface area contributed by atoms with E-state index >= 15 is 0 Å². The second-order valence-corrected chi connectivity index (χ2v) is 9.64. The van der Waals surface area contributed by atoms with Crippen molar-refractivity contribution >= 4 is 22.4 Å². The zero-order chi connectivity index (χ0) is 21.5. The summed E-state index contributed by atoms with van der Waals surface area (Å²) in [6.07, 6.45) is 9.66. The van der Waals surface area contributed by atoms with Crippen LogP contribution in [0.5, 0.6) is 0 Å². The van der Waals surface area contributed by atoms with Crippen molar-refractivity contribution in [2.45, 2.75) is 38.5 Å². The number of hydrogen-bond donors (Lipinski definition) is 1. The van der Waals surface area contributed by atoms with E-state index in [1.54, 1.807) is 0 Å². The molecular formula is C27H26N2OS. The molecule has 3 aromatic rings. The number of rotatable bonds is 5. The van der Waals surface area contributed by atoms with Gasteiger partial charge in [-0.2, -0.15) is 0 Å². The van der Waals surface area contributed by atoms with Crippen molar-refractivity contribution in [2.75, 3.05) is 5.32 Å². The third-order valence-electron chi connectivity index (χ3n) is 6.76. The molecule has 1 saturated carbocycles. The van der Waals surface area contributed by atoms with Crippen molar-refractivity contribution in [1.29, 1.82) is 0 Å². The van der Waals surface area contributed by atoms with Gasteiger partial charge in [0.05, 0.1) is 11.1 Å². The Balaban J connectivity index is 1.42. The summed E-state index contributed by atoms with van der Waals surface area (Å²) in [7, 11) is 0. The van der Waals surface area contributed by atoms with Crippen LogP contribution in [-0.2, 0) is 10.2 Å². The summed E-state index contributed by atoms with van der Waals surface area (Å²) in [5.74, 6) is 0.0426. The van der Waals surface area contributed by atoms with Crippen LogP contribution >= 0.6 is 11.3 Å². The largest absolute Gasteiger partial charge is 0.301 e. The molecule has 31 heavy (non-hydrogen) atoms. The number of carbonyl (C=O) groups excluding carboxylic acids is 1. The minimum atomic E-state index is -0.502. The molecule has 1 aromatic heterocycles. The summed E-state index contributed by atoms with van der Waals surface area (Å²) in [5.41, 5.74) is 4.89. The molecule has 2 atom stereocenters. The SMILES string of the molecule is Cc1ccc(-c2csc(NC(=O)C3(C)CC3(C3=CCCC=C3)c3ccccc3)n2)cc1. The molecule has 0 bridgehead atoms. The van der Waals surface area contributed by atoms with Gasteiger partial charge in [0, 0.05) is 16.4 Å². The molecular weight excluding hydrogens is 400 g/mol. The summed E-state index contributed by atoms with van der Waals surface area (Å²) in [6, 6.07) is 18.8. The molecule has 0 aliphatic heterocycles. The van der Waals surface area contributed by atoms with Gasteiger partial charge in [0.25, 0.3) is 0 Å². The lowest BCUT2D eigenvalue weighted by atomic mass is 9.78. The maximum Gasteiger partial charge on any atom is 0.233 e. The van der Waals surface area contributed by atoms with Gasteiger partial charge in [-0.05, 0) is 44.2 Å². The second kappa shape index (κ2) is 7.61. The van der Waals surface area contributed by atoms with E-state index in [1.165, 1.54) is 28.0 Å². The van der Waals surface area contributed by atoms with E-state index in [-0.39, 0.29) is 11.3 Å². The van der Waals surface area contributed by atoms with Gasteiger partial charge in [-0.15, -0.1) is 11.3 Å². The number of allylic oxidation sites excluding steroid dienone is 4. The van der Waals surface area contributed by atoms with Crippen LogP contribution in [0.4, 0.5) is 5.13 Å². The summed E-state index contributed by atoms with van der Waals surface area (Å²) in [4.78, 5) is 18.2. The number of benzene rings is 2. The molecule has 1 heterocycles. The number of aromatic nitrogens is 1. The molecule has 0 radical (unpaired) electrons. The van der Waals surface area contributed by atoms with Crippen molar-refractivity contribution < 1.29 is 4.79 Å². The van der Waals surface area contributed by atoms with Gasteiger partial charge < -0.3 is 5.32 Å². The van der Waals surface area contributed by atoms with Gasteiger partial charge in [-0.3, -0.25) is 4.79 Å². The summed E-state index contributed by atoms with van der Waals surface area (Å²) in [6.45, 7) is 4.16. The van der Waals surface area contributed by atoms with E-state index in [0.717, 1.165) is 30.5 Å². The average Bonchev–Trinajstić information content (AvgIpc) is 3.21. The van der Waals surface area contributed by atoms with E-state index < -0.39 is 5.41 Å². The van der Waals surface area contributed by atoms with Crippen LogP contribution in [0.1, 0.15) is 37.3 Å². The van der Waals surface area contributed by atoms with Gasteiger partial charge in [0.15, 0.2) is 5.13 Å². The van der Waals surface area contributed by atoms with E-state index in [2.05, 4.69) is 90.9 Å². The van der Waals surface area contributed by atoms with E-state index in [9.17, 15) is 4.79 Å². The summed E-state index contributed by atoms with van der Waals surface area (Å²) < 4.78 is 0. The number of amides is 1. The zero-order valence-electron chi connectivity index (χ0n) is 17.9. The molecule has 2 unspecified atom stereocenters. The molecule has 1 N–H and O–H groups in total. The lowest BCUT2D eigenvalue weighted by molar-refractivity contribution is -0.121. The lowest BCUT2D eigenvalue weighted by Crippen LogP contribution is -2.30. The average molecular weight is 427 g/mol. The predicted octanol–water partition coefficient (Wildman–Crippen LogP) is 6.68. The van der Waals surface area contributed by atoms with Gasteiger partial charge >= 0.3 is 0 Å². The topological polar surface area (TPSA) is 42.0 Å². The molecule has 2 aliphatic rings. The number of thiazole rings is 1. The highest BCUT2D eigenvalue weighted by Crippen LogP contribution is 2.69. The van der Waals surface area contributed by atoms with Crippen LogP contribution in [0.15, 0.2) is 83.8 Å². The maximum atomic E-state index is 13.5. The highest BCUT2D eigenvalue weighted by Gasteiger charge is 2.70. The Bertz CT molecular complexity index is 1180. The van der Waals surface area contributed by atoms with Crippen LogP contribution in [0, 0.1) is 12.3 Å². The monoisotopic (exact) mass is 426 g/mol. The number of aryl methyl sites for hydroxylation is 1.